The van der Waals surface area contributed by atoms with Gasteiger partial charge >= 0.3 is 6.03 Å². The molecule has 5 rings (SSSR count). The Balaban J connectivity index is 1.30. The molecule has 40 heavy (non-hydrogen) atoms. The third-order valence-corrected chi connectivity index (χ3v) is 8.72. The summed E-state index contributed by atoms with van der Waals surface area (Å²) in [5.74, 6) is 0.0420. The van der Waals surface area contributed by atoms with Gasteiger partial charge in [0, 0.05) is 47.3 Å². The van der Waals surface area contributed by atoms with Crippen LogP contribution in [-0.4, -0.2) is 67.4 Å². The van der Waals surface area contributed by atoms with Crippen LogP contribution < -0.4 is 5.32 Å². The van der Waals surface area contributed by atoms with Crippen LogP contribution >= 0.6 is 0 Å². The van der Waals surface area contributed by atoms with Gasteiger partial charge in [-0.1, -0.05) is 72.8 Å². The number of carbonyl (C=O) groups is 2. The molecule has 0 unspecified atom stereocenters. The van der Waals surface area contributed by atoms with Gasteiger partial charge in [0.15, 0.2) is 0 Å². The summed E-state index contributed by atoms with van der Waals surface area (Å²) in [7, 11) is 5.38. The highest BCUT2D eigenvalue weighted by Crippen LogP contribution is 2.56. The van der Waals surface area contributed by atoms with Crippen molar-refractivity contribution in [2.45, 2.75) is 36.8 Å². The lowest BCUT2D eigenvalue weighted by Gasteiger charge is -2.43. The normalized spacial score (nSPS) is 21.9. The zero-order valence-corrected chi connectivity index (χ0v) is 23.6. The van der Waals surface area contributed by atoms with Crippen molar-refractivity contribution in [2.24, 2.45) is 5.92 Å². The molecule has 3 aromatic rings. The topological polar surface area (TPSA) is 55.9 Å². The lowest BCUT2D eigenvalue weighted by molar-refractivity contribution is -0.133. The fourth-order valence-electron chi connectivity index (χ4n) is 6.29. The monoisotopic (exact) mass is 542 g/mol. The fraction of sp³-hybridized carbons (Fsp3) is 0.394. The van der Waals surface area contributed by atoms with Crippen LogP contribution in [0, 0.1) is 11.7 Å². The average Bonchev–Trinajstić information content (AvgIpc) is 3.70. The van der Waals surface area contributed by atoms with E-state index >= 15 is 0 Å². The maximum absolute atomic E-state index is 14.0. The maximum atomic E-state index is 14.0. The number of likely N-dealkylation sites (N-methyl/N-ethyl adjacent to an activating group) is 1. The van der Waals surface area contributed by atoms with Crippen LogP contribution in [0.25, 0.3) is 0 Å². The van der Waals surface area contributed by atoms with Crippen molar-refractivity contribution < 1.29 is 14.0 Å². The number of nitrogens with one attached hydrogen (secondary N) is 1. The molecule has 0 radical (unpaired) electrons. The molecule has 1 saturated heterocycles. The standard InChI is InChI=1S/C33H39FN4O2/c1-36(2)31(40)35-32(26-10-6-4-7-11-26)18-20-38(21-19-32)24-28-22-33(28,27-12-8-5-9-13-27)30(39)37(3)23-25-14-16-29(34)17-15-25/h4-17,28H,18-24H2,1-3H3,(H,35,40)/t28-,33+/m0/s1. The lowest BCUT2D eigenvalue weighted by Crippen LogP contribution is -2.55. The van der Waals surface area contributed by atoms with Crippen LogP contribution in [0.5, 0.6) is 0 Å². The van der Waals surface area contributed by atoms with Gasteiger partial charge in [0.1, 0.15) is 5.82 Å². The lowest BCUT2D eigenvalue weighted by atomic mass is 9.80. The number of hydrogen-bond donors (Lipinski definition) is 1. The van der Waals surface area contributed by atoms with Crippen LogP contribution in [-0.2, 0) is 22.3 Å². The minimum absolute atomic E-state index is 0.0858. The van der Waals surface area contributed by atoms with Gasteiger partial charge < -0.3 is 20.0 Å². The summed E-state index contributed by atoms with van der Waals surface area (Å²) >= 11 is 0. The van der Waals surface area contributed by atoms with Crippen molar-refractivity contribution >= 4 is 11.9 Å². The Hall–Kier alpha value is -3.71. The molecule has 3 aromatic carbocycles. The third-order valence-electron chi connectivity index (χ3n) is 8.72. The number of likely N-dealkylation sites (tertiary alicyclic amines) is 1. The Morgan fingerprint density at radius 2 is 1.45 bits per heavy atom. The second-order valence-electron chi connectivity index (χ2n) is 11.6. The number of piperidine rings is 1. The van der Waals surface area contributed by atoms with Crippen molar-refractivity contribution in [3.8, 4) is 0 Å². The number of nitrogens with zero attached hydrogens (tertiary/aromatic N) is 3. The zero-order valence-electron chi connectivity index (χ0n) is 23.6. The van der Waals surface area contributed by atoms with E-state index in [1.807, 2.05) is 43.4 Å². The van der Waals surface area contributed by atoms with Gasteiger partial charge in [-0.05, 0) is 54.0 Å². The molecule has 0 spiro atoms. The van der Waals surface area contributed by atoms with Crippen molar-refractivity contribution in [2.75, 3.05) is 40.8 Å². The number of halogens is 1. The Morgan fingerprint density at radius 3 is 2.02 bits per heavy atom. The van der Waals surface area contributed by atoms with E-state index in [0.29, 0.717) is 6.54 Å². The molecule has 2 fully saturated rings. The van der Waals surface area contributed by atoms with E-state index in [1.165, 1.54) is 12.1 Å². The molecule has 210 valence electrons. The molecule has 3 amide bonds. The van der Waals surface area contributed by atoms with Gasteiger partial charge in [-0.2, -0.15) is 0 Å². The summed E-state index contributed by atoms with van der Waals surface area (Å²) in [6.07, 6.45) is 2.42. The summed E-state index contributed by atoms with van der Waals surface area (Å²) < 4.78 is 13.4. The summed E-state index contributed by atoms with van der Waals surface area (Å²) in [6.45, 7) is 2.94. The van der Waals surface area contributed by atoms with Crippen LogP contribution in [0.1, 0.15) is 36.0 Å². The summed E-state index contributed by atoms with van der Waals surface area (Å²) in [4.78, 5) is 32.6. The van der Waals surface area contributed by atoms with Crippen molar-refractivity contribution in [3.63, 3.8) is 0 Å². The molecular weight excluding hydrogens is 503 g/mol. The van der Waals surface area contributed by atoms with Gasteiger partial charge in [-0.15, -0.1) is 0 Å². The molecule has 0 bridgehead atoms. The van der Waals surface area contributed by atoms with E-state index in [9.17, 15) is 14.0 Å². The van der Waals surface area contributed by atoms with E-state index in [4.69, 9.17) is 0 Å². The van der Waals surface area contributed by atoms with E-state index in [2.05, 4.69) is 34.5 Å². The number of rotatable bonds is 8. The van der Waals surface area contributed by atoms with Gasteiger partial charge in [-0.3, -0.25) is 4.79 Å². The Labute approximate surface area is 236 Å². The Bertz CT molecular complexity index is 1310. The number of benzene rings is 3. The predicted octanol–water partition coefficient (Wildman–Crippen LogP) is 5.00. The molecular formula is C33H39FN4O2. The highest BCUT2D eigenvalue weighted by atomic mass is 19.1. The quantitative estimate of drug-likeness (QED) is 0.436. The molecule has 0 aromatic heterocycles. The summed E-state index contributed by atoms with van der Waals surface area (Å²) in [6, 6.07) is 26.6. The number of hydrogen-bond acceptors (Lipinski definition) is 3. The fourth-order valence-corrected chi connectivity index (χ4v) is 6.29. The van der Waals surface area contributed by atoms with Crippen LogP contribution in [0.15, 0.2) is 84.9 Å². The first-order valence-electron chi connectivity index (χ1n) is 14.1. The van der Waals surface area contributed by atoms with E-state index in [0.717, 1.165) is 55.6 Å². The largest absolute Gasteiger partial charge is 0.341 e. The van der Waals surface area contributed by atoms with E-state index in [-0.39, 0.29) is 23.7 Å². The Morgan fingerprint density at radius 1 is 0.875 bits per heavy atom. The first-order valence-corrected chi connectivity index (χ1v) is 14.1. The van der Waals surface area contributed by atoms with E-state index < -0.39 is 11.0 Å². The molecule has 7 heteroatoms. The van der Waals surface area contributed by atoms with Gasteiger partial charge in [0.2, 0.25) is 5.91 Å². The maximum Gasteiger partial charge on any atom is 0.317 e. The molecule has 1 aliphatic heterocycles. The molecule has 1 N–H and O–H groups in total. The number of amides is 3. The molecule has 2 aliphatic rings. The highest BCUT2D eigenvalue weighted by molar-refractivity contribution is 5.92. The van der Waals surface area contributed by atoms with Crippen LogP contribution in [0.2, 0.25) is 0 Å². The Kier molecular flexibility index (Phi) is 7.95. The zero-order chi connectivity index (χ0) is 28.3. The minimum Gasteiger partial charge on any atom is -0.341 e. The first-order chi connectivity index (χ1) is 19.2. The smallest absolute Gasteiger partial charge is 0.317 e. The second kappa shape index (κ2) is 11.4. The second-order valence-corrected chi connectivity index (χ2v) is 11.6. The summed E-state index contributed by atoms with van der Waals surface area (Å²) in [5.41, 5.74) is 2.14. The van der Waals surface area contributed by atoms with Crippen LogP contribution in [0.3, 0.4) is 0 Å². The van der Waals surface area contributed by atoms with Crippen molar-refractivity contribution in [3.05, 3.63) is 107 Å². The van der Waals surface area contributed by atoms with Gasteiger partial charge in [0.05, 0.1) is 11.0 Å². The van der Waals surface area contributed by atoms with Gasteiger partial charge in [-0.25, -0.2) is 9.18 Å². The average molecular weight is 543 g/mol. The third kappa shape index (κ3) is 5.61. The van der Waals surface area contributed by atoms with Crippen molar-refractivity contribution in [1.29, 1.82) is 0 Å². The molecule has 6 nitrogen and oxygen atoms in total. The highest BCUT2D eigenvalue weighted by Gasteiger charge is 2.62. The number of carbonyl (C=O) groups excluding carboxylic acids is 2. The van der Waals surface area contributed by atoms with E-state index in [1.54, 1.807) is 36.0 Å². The molecule has 1 heterocycles. The van der Waals surface area contributed by atoms with Gasteiger partial charge in [0.25, 0.3) is 0 Å². The predicted molar refractivity (Wildman–Crippen MR) is 155 cm³/mol. The van der Waals surface area contributed by atoms with Crippen molar-refractivity contribution in [1.82, 2.24) is 20.0 Å². The SMILES string of the molecule is CN(C)C(=O)NC1(c2ccccc2)CCN(C[C@@H]2C[C@@]2(C(=O)N(C)Cc2ccc(F)cc2)c2ccccc2)CC1. The molecule has 1 saturated carbocycles. The minimum atomic E-state index is -0.552. The number of urea groups is 1. The first kappa shape index (κ1) is 27.8. The summed E-state index contributed by atoms with van der Waals surface area (Å²) in [5, 5.41) is 3.32. The van der Waals surface area contributed by atoms with Crippen LogP contribution in [0.4, 0.5) is 9.18 Å². The molecule has 2 atom stereocenters. The molecule has 1 aliphatic carbocycles.